The number of rotatable bonds is 6. The van der Waals surface area contributed by atoms with Gasteiger partial charge in [-0.2, -0.15) is 0 Å². The fourth-order valence-electron chi connectivity index (χ4n) is 0.627. The normalized spacial score (nSPS) is 14.6. The average molecular weight is 196 g/mol. The van der Waals surface area contributed by atoms with Crippen LogP contribution < -0.4 is 10.5 Å². The molecule has 0 bridgehead atoms. The summed E-state index contributed by atoms with van der Waals surface area (Å²) in [6.07, 6.45) is 0.244. The minimum Gasteiger partial charge on any atom is -0.392 e. The molecule has 0 fully saturated rings. The molecule has 0 heterocycles. The molecule has 0 amide bonds. The van der Waals surface area contributed by atoms with E-state index in [0.717, 1.165) is 0 Å². The topological polar surface area (TPSA) is 92.4 Å². The molecule has 0 aliphatic rings. The van der Waals surface area contributed by atoms with E-state index in [-0.39, 0.29) is 12.3 Å². The molecule has 1 atom stereocenters. The Morgan fingerprint density at radius 3 is 2.58 bits per heavy atom. The molecule has 0 aliphatic carbocycles. The van der Waals surface area contributed by atoms with Crippen LogP contribution in [-0.2, 0) is 10.0 Å². The molecule has 0 radical (unpaired) electrons. The van der Waals surface area contributed by atoms with Gasteiger partial charge in [-0.1, -0.05) is 6.92 Å². The molecule has 12 heavy (non-hydrogen) atoms. The predicted octanol–water partition coefficient (Wildman–Crippen LogP) is -1.36. The second kappa shape index (κ2) is 5.47. The Bertz CT molecular complexity index is 203. The van der Waals surface area contributed by atoms with Gasteiger partial charge in [0.1, 0.15) is 0 Å². The first-order valence-electron chi connectivity index (χ1n) is 3.85. The number of nitrogens with one attached hydrogen (secondary N) is 1. The van der Waals surface area contributed by atoms with Crippen molar-refractivity contribution in [3.8, 4) is 0 Å². The van der Waals surface area contributed by atoms with Gasteiger partial charge in [0.15, 0.2) is 0 Å². The summed E-state index contributed by atoms with van der Waals surface area (Å²) in [5, 5.41) is 16.6. The van der Waals surface area contributed by atoms with E-state index in [1.807, 2.05) is 6.92 Å². The Balaban J connectivity index is 3.34. The minimum atomic E-state index is -3.37. The van der Waals surface area contributed by atoms with Gasteiger partial charge in [-0.15, -0.1) is 0 Å². The maximum Gasteiger partial charge on any atom is 0.210 e. The van der Waals surface area contributed by atoms with E-state index in [9.17, 15) is 8.42 Å². The first-order chi connectivity index (χ1) is 5.45. The van der Waals surface area contributed by atoms with Crippen molar-refractivity contribution in [3.63, 3.8) is 0 Å². The quantitative estimate of drug-likeness (QED) is 0.457. The lowest BCUT2D eigenvalue weighted by Crippen LogP contribution is -2.32. The number of hydrogen-bond acceptors (Lipinski definition) is 4. The molecule has 0 aromatic rings. The van der Waals surface area contributed by atoms with E-state index in [1.165, 1.54) is 0 Å². The highest BCUT2D eigenvalue weighted by atomic mass is 32.2. The van der Waals surface area contributed by atoms with Crippen LogP contribution >= 0.6 is 0 Å². The largest absolute Gasteiger partial charge is 0.392 e. The van der Waals surface area contributed by atoms with Gasteiger partial charge in [0.05, 0.1) is 11.9 Å². The average Bonchev–Trinajstić information content (AvgIpc) is 1.96. The van der Waals surface area contributed by atoms with Gasteiger partial charge in [-0.3, -0.25) is 0 Å². The molecule has 6 heteroatoms. The number of primary sulfonamides is 1. The summed E-state index contributed by atoms with van der Waals surface area (Å²) in [4.78, 5) is 0. The Kier molecular flexibility index (Phi) is 5.39. The van der Waals surface area contributed by atoms with E-state index in [2.05, 4.69) is 5.32 Å². The van der Waals surface area contributed by atoms with E-state index >= 15 is 0 Å². The Morgan fingerprint density at radius 2 is 2.17 bits per heavy atom. The maximum atomic E-state index is 10.4. The number of aliphatic hydroxyl groups excluding tert-OH is 1. The molecule has 0 rings (SSSR count). The van der Waals surface area contributed by atoms with Crippen molar-refractivity contribution in [3.05, 3.63) is 0 Å². The Hall–Kier alpha value is -0.170. The monoisotopic (exact) mass is 196 g/mol. The Morgan fingerprint density at radius 1 is 1.58 bits per heavy atom. The summed E-state index contributed by atoms with van der Waals surface area (Å²) in [7, 11) is -3.37. The predicted molar refractivity (Wildman–Crippen MR) is 47.1 cm³/mol. The first kappa shape index (κ1) is 11.8. The molecule has 0 spiro atoms. The molecular weight excluding hydrogens is 180 g/mol. The third-order valence-corrected chi connectivity index (χ3v) is 2.19. The second-order valence-electron chi connectivity index (χ2n) is 2.63. The standard InChI is InChI=1S/C6H16N2O3S/c1-2-6(9)5-8-3-4-12(7,10)11/h6,8-9H,2-5H2,1H3,(H2,7,10,11). The number of sulfonamides is 1. The highest BCUT2D eigenvalue weighted by Crippen LogP contribution is 1.85. The zero-order valence-electron chi connectivity index (χ0n) is 7.16. The van der Waals surface area contributed by atoms with Gasteiger partial charge in [0.2, 0.25) is 10.0 Å². The van der Waals surface area contributed by atoms with Crippen molar-refractivity contribution >= 4 is 10.0 Å². The summed E-state index contributed by atoms with van der Waals surface area (Å²) >= 11 is 0. The van der Waals surface area contributed by atoms with Crippen LogP contribution in [0.4, 0.5) is 0 Å². The van der Waals surface area contributed by atoms with Crippen molar-refractivity contribution in [2.75, 3.05) is 18.8 Å². The van der Waals surface area contributed by atoms with Crippen molar-refractivity contribution in [2.24, 2.45) is 5.14 Å². The zero-order chi connectivity index (χ0) is 9.61. The van der Waals surface area contributed by atoms with Gasteiger partial charge >= 0.3 is 0 Å². The molecule has 74 valence electrons. The van der Waals surface area contributed by atoms with Gasteiger partial charge < -0.3 is 10.4 Å². The van der Waals surface area contributed by atoms with Crippen LogP contribution in [0, 0.1) is 0 Å². The highest BCUT2D eigenvalue weighted by molar-refractivity contribution is 7.89. The molecule has 5 nitrogen and oxygen atoms in total. The van der Waals surface area contributed by atoms with Crippen molar-refractivity contribution in [1.82, 2.24) is 5.32 Å². The number of nitrogens with two attached hydrogens (primary N) is 1. The van der Waals surface area contributed by atoms with E-state index in [0.29, 0.717) is 13.0 Å². The SMILES string of the molecule is CCC(O)CNCCS(N)(=O)=O. The van der Waals surface area contributed by atoms with Crippen LogP contribution in [0.3, 0.4) is 0 Å². The summed E-state index contributed by atoms with van der Waals surface area (Å²) in [6.45, 7) is 2.55. The van der Waals surface area contributed by atoms with Crippen LogP contribution in [-0.4, -0.2) is 38.5 Å². The maximum absolute atomic E-state index is 10.4. The van der Waals surface area contributed by atoms with Gasteiger partial charge in [-0.05, 0) is 6.42 Å². The third-order valence-electron chi connectivity index (χ3n) is 1.41. The van der Waals surface area contributed by atoms with Crippen LogP contribution in [0.2, 0.25) is 0 Å². The van der Waals surface area contributed by atoms with Crippen molar-refractivity contribution in [2.45, 2.75) is 19.4 Å². The molecule has 0 aromatic heterocycles. The molecule has 1 unspecified atom stereocenters. The lowest BCUT2D eigenvalue weighted by Gasteiger charge is -2.07. The molecule has 0 saturated carbocycles. The van der Waals surface area contributed by atoms with E-state index in [1.54, 1.807) is 0 Å². The van der Waals surface area contributed by atoms with Gasteiger partial charge in [-0.25, -0.2) is 13.6 Å². The van der Waals surface area contributed by atoms with Crippen LogP contribution in [0.25, 0.3) is 0 Å². The smallest absolute Gasteiger partial charge is 0.210 e. The van der Waals surface area contributed by atoms with E-state index in [4.69, 9.17) is 10.2 Å². The molecule has 0 aliphatic heterocycles. The lowest BCUT2D eigenvalue weighted by atomic mass is 10.3. The minimum absolute atomic E-state index is 0.0938. The fourth-order valence-corrected chi connectivity index (χ4v) is 1.06. The van der Waals surface area contributed by atoms with Gasteiger partial charge in [0, 0.05) is 13.1 Å². The lowest BCUT2D eigenvalue weighted by molar-refractivity contribution is 0.168. The van der Waals surface area contributed by atoms with Crippen molar-refractivity contribution < 1.29 is 13.5 Å². The summed E-state index contributed by atoms with van der Waals surface area (Å²) in [5.41, 5.74) is 0. The zero-order valence-corrected chi connectivity index (χ0v) is 7.97. The van der Waals surface area contributed by atoms with Crippen LogP contribution in [0.15, 0.2) is 0 Å². The number of aliphatic hydroxyl groups is 1. The fraction of sp³-hybridized carbons (Fsp3) is 1.00. The molecule has 0 aromatic carbocycles. The highest BCUT2D eigenvalue weighted by Gasteiger charge is 2.03. The Labute approximate surface area is 73.0 Å². The number of hydrogen-bond donors (Lipinski definition) is 3. The van der Waals surface area contributed by atoms with Crippen molar-refractivity contribution in [1.29, 1.82) is 0 Å². The van der Waals surface area contributed by atoms with E-state index < -0.39 is 16.1 Å². The van der Waals surface area contributed by atoms with Crippen LogP contribution in [0.1, 0.15) is 13.3 Å². The molecular formula is C6H16N2O3S. The second-order valence-corrected chi connectivity index (χ2v) is 4.37. The molecule has 0 saturated heterocycles. The molecule has 4 N–H and O–H groups in total. The summed E-state index contributed by atoms with van der Waals surface area (Å²) < 4.78 is 20.8. The summed E-state index contributed by atoms with van der Waals surface area (Å²) in [5.74, 6) is -0.0938. The third kappa shape index (κ3) is 7.93. The van der Waals surface area contributed by atoms with Crippen LogP contribution in [0.5, 0.6) is 0 Å². The summed E-state index contributed by atoms with van der Waals surface area (Å²) in [6, 6.07) is 0. The van der Waals surface area contributed by atoms with Gasteiger partial charge in [0.25, 0.3) is 0 Å². The first-order valence-corrected chi connectivity index (χ1v) is 5.56.